The Hall–Kier alpha value is -1.30. The van der Waals surface area contributed by atoms with E-state index in [4.69, 9.17) is 9.47 Å². The van der Waals surface area contributed by atoms with Crippen LogP contribution >= 0.6 is 0 Å². The number of nitrogens with zero attached hydrogens (tertiary/aromatic N) is 2. The van der Waals surface area contributed by atoms with E-state index in [9.17, 15) is 5.11 Å². The van der Waals surface area contributed by atoms with Gasteiger partial charge >= 0.3 is 0 Å². The Bertz CT molecular complexity index is 498. The van der Waals surface area contributed by atoms with Crippen LogP contribution in [-0.4, -0.2) is 68.7 Å². The van der Waals surface area contributed by atoms with Crippen molar-refractivity contribution in [2.24, 2.45) is 5.92 Å². The molecule has 1 saturated heterocycles. The van der Waals surface area contributed by atoms with Crippen molar-refractivity contribution in [2.75, 3.05) is 51.4 Å². The van der Waals surface area contributed by atoms with Gasteiger partial charge in [0.15, 0.2) is 0 Å². The van der Waals surface area contributed by atoms with E-state index in [-0.39, 0.29) is 6.10 Å². The maximum Gasteiger partial charge on any atom is 0.119 e. The number of aliphatic hydroxyl groups excluding tert-OH is 1. The third-order valence-electron chi connectivity index (χ3n) is 5.18. The highest BCUT2D eigenvalue weighted by Gasteiger charge is 2.33. The Balaban J connectivity index is 1.64. The van der Waals surface area contributed by atoms with Gasteiger partial charge in [-0.15, -0.1) is 0 Å². The van der Waals surface area contributed by atoms with Gasteiger partial charge in [-0.3, -0.25) is 4.90 Å². The molecule has 2 fully saturated rings. The van der Waals surface area contributed by atoms with Gasteiger partial charge in [0.1, 0.15) is 5.75 Å². The predicted molar refractivity (Wildman–Crippen MR) is 95.8 cm³/mol. The number of anilines is 1. The number of rotatable bonds is 8. The van der Waals surface area contributed by atoms with Gasteiger partial charge in [0, 0.05) is 37.9 Å². The largest absolute Gasteiger partial charge is 0.497 e. The van der Waals surface area contributed by atoms with Gasteiger partial charge in [0.05, 0.1) is 26.4 Å². The fourth-order valence-corrected chi connectivity index (χ4v) is 3.48. The Morgan fingerprint density at radius 3 is 2.50 bits per heavy atom. The minimum absolute atomic E-state index is 0.355. The number of hydrogen-bond acceptors (Lipinski definition) is 5. The molecule has 2 aliphatic rings. The summed E-state index contributed by atoms with van der Waals surface area (Å²) in [6.45, 7) is 7.04. The molecule has 5 heteroatoms. The van der Waals surface area contributed by atoms with Gasteiger partial charge in [-0.05, 0) is 49.9 Å². The highest BCUT2D eigenvalue weighted by molar-refractivity contribution is 5.50. The monoisotopic (exact) mass is 334 g/mol. The minimum Gasteiger partial charge on any atom is -0.497 e. The van der Waals surface area contributed by atoms with E-state index in [1.165, 1.54) is 12.8 Å². The smallest absolute Gasteiger partial charge is 0.119 e. The highest BCUT2D eigenvalue weighted by atomic mass is 16.5. The third kappa shape index (κ3) is 4.62. The van der Waals surface area contributed by atoms with E-state index in [1.54, 1.807) is 7.11 Å². The number of hydrogen-bond donors (Lipinski definition) is 1. The molecule has 0 amide bonds. The molecular weight excluding hydrogens is 304 g/mol. The maximum absolute atomic E-state index is 10.6. The quantitative estimate of drug-likeness (QED) is 0.788. The van der Waals surface area contributed by atoms with Crippen LogP contribution in [0.3, 0.4) is 0 Å². The molecule has 0 spiro atoms. The van der Waals surface area contributed by atoms with Crippen LogP contribution in [0.1, 0.15) is 19.8 Å². The molecule has 1 N–H and O–H groups in total. The Labute approximate surface area is 145 Å². The normalized spacial score (nSPS) is 21.3. The van der Waals surface area contributed by atoms with Crippen molar-refractivity contribution < 1.29 is 14.6 Å². The van der Waals surface area contributed by atoms with Crippen molar-refractivity contribution in [1.82, 2.24) is 4.90 Å². The molecule has 1 heterocycles. The van der Waals surface area contributed by atoms with Crippen LogP contribution in [0.15, 0.2) is 24.3 Å². The lowest BCUT2D eigenvalue weighted by molar-refractivity contribution is 0.0158. The van der Waals surface area contributed by atoms with Gasteiger partial charge in [-0.25, -0.2) is 0 Å². The maximum atomic E-state index is 10.6. The molecule has 5 nitrogen and oxygen atoms in total. The topological polar surface area (TPSA) is 45.2 Å². The molecule has 0 radical (unpaired) electrons. The standard InChI is InChI=1S/C19H30N2O3/c1-15(16-3-4-16)21(17-5-7-19(23-2)8-6-17)14-18(22)13-20-9-11-24-12-10-20/h5-8,15-16,18,22H,3-4,9-14H2,1-2H3. The lowest BCUT2D eigenvalue weighted by Crippen LogP contribution is -2.47. The lowest BCUT2D eigenvalue weighted by Gasteiger charge is -2.35. The Morgan fingerprint density at radius 1 is 1.25 bits per heavy atom. The van der Waals surface area contributed by atoms with E-state index in [2.05, 4.69) is 28.9 Å². The second-order valence-electron chi connectivity index (χ2n) is 7.00. The second-order valence-corrected chi connectivity index (χ2v) is 7.00. The van der Waals surface area contributed by atoms with E-state index in [1.807, 2.05) is 12.1 Å². The fourth-order valence-electron chi connectivity index (χ4n) is 3.48. The fraction of sp³-hybridized carbons (Fsp3) is 0.684. The van der Waals surface area contributed by atoms with Crippen molar-refractivity contribution in [1.29, 1.82) is 0 Å². The average Bonchev–Trinajstić information content (AvgIpc) is 3.45. The van der Waals surface area contributed by atoms with Gasteiger partial charge in [-0.2, -0.15) is 0 Å². The molecule has 0 bridgehead atoms. The van der Waals surface area contributed by atoms with Crippen LogP contribution in [-0.2, 0) is 4.74 Å². The van der Waals surface area contributed by atoms with Crippen LogP contribution in [0.25, 0.3) is 0 Å². The SMILES string of the molecule is COc1ccc(N(CC(O)CN2CCOCC2)C(C)C2CC2)cc1. The van der Waals surface area contributed by atoms with Crippen LogP contribution in [0.5, 0.6) is 5.75 Å². The first-order chi connectivity index (χ1) is 11.7. The molecular formula is C19H30N2O3. The number of ether oxygens (including phenoxy) is 2. The third-order valence-corrected chi connectivity index (χ3v) is 5.18. The number of β-amino-alcohol motifs (C(OH)–C–C–N with tert-alkyl or cyclic N) is 1. The predicted octanol–water partition coefficient (Wildman–Crippen LogP) is 1.99. The van der Waals surface area contributed by atoms with Crippen molar-refractivity contribution in [3.63, 3.8) is 0 Å². The van der Waals surface area contributed by atoms with Crippen LogP contribution in [0.2, 0.25) is 0 Å². The summed E-state index contributed by atoms with van der Waals surface area (Å²) < 4.78 is 10.7. The molecule has 2 unspecified atom stereocenters. The first-order valence-corrected chi connectivity index (χ1v) is 9.06. The van der Waals surface area contributed by atoms with Crippen molar-refractivity contribution in [3.05, 3.63) is 24.3 Å². The Kier molecular flexibility index (Phi) is 5.98. The van der Waals surface area contributed by atoms with Crippen LogP contribution in [0.4, 0.5) is 5.69 Å². The number of aliphatic hydroxyl groups is 1. The highest BCUT2D eigenvalue weighted by Crippen LogP contribution is 2.37. The Morgan fingerprint density at radius 2 is 1.92 bits per heavy atom. The molecule has 0 aromatic heterocycles. The van der Waals surface area contributed by atoms with Gasteiger partial charge in [0.2, 0.25) is 0 Å². The second kappa shape index (κ2) is 8.19. The van der Waals surface area contributed by atoms with E-state index in [0.29, 0.717) is 19.1 Å². The molecule has 24 heavy (non-hydrogen) atoms. The summed E-state index contributed by atoms with van der Waals surface area (Å²) >= 11 is 0. The van der Waals surface area contributed by atoms with Crippen molar-refractivity contribution in [2.45, 2.75) is 31.9 Å². The summed E-state index contributed by atoms with van der Waals surface area (Å²) in [5.74, 6) is 1.62. The van der Waals surface area contributed by atoms with Crippen molar-refractivity contribution in [3.8, 4) is 5.75 Å². The van der Waals surface area contributed by atoms with Gasteiger partial charge in [-0.1, -0.05) is 0 Å². The molecule has 3 rings (SSSR count). The lowest BCUT2D eigenvalue weighted by atomic mass is 10.1. The van der Waals surface area contributed by atoms with Gasteiger partial charge < -0.3 is 19.5 Å². The summed E-state index contributed by atoms with van der Waals surface area (Å²) in [4.78, 5) is 4.66. The van der Waals surface area contributed by atoms with Crippen molar-refractivity contribution >= 4 is 5.69 Å². The average molecular weight is 334 g/mol. The molecule has 2 atom stereocenters. The summed E-state index contributed by atoms with van der Waals surface area (Å²) in [7, 11) is 1.69. The van der Waals surface area contributed by atoms with E-state index < -0.39 is 0 Å². The molecule has 1 aliphatic carbocycles. The zero-order chi connectivity index (χ0) is 16.9. The summed E-state index contributed by atoms with van der Waals surface area (Å²) in [5.41, 5.74) is 1.16. The first kappa shape index (κ1) is 17.5. The minimum atomic E-state index is -0.355. The molecule has 1 aromatic carbocycles. The zero-order valence-electron chi connectivity index (χ0n) is 14.9. The zero-order valence-corrected chi connectivity index (χ0v) is 14.9. The number of morpholine rings is 1. The first-order valence-electron chi connectivity index (χ1n) is 9.06. The molecule has 1 aromatic rings. The molecule has 1 aliphatic heterocycles. The summed E-state index contributed by atoms with van der Waals surface area (Å²) in [6, 6.07) is 8.64. The summed E-state index contributed by atoms with van der Waals surface area (Å²) in [6.07, 6.45) is 2.24. The molecule has 134 valence electrons. The summed E-state index contributed by atoms with van der Waals surface area (Å²) in [5, 5.41) is 10.6. The van der Waals surface area contributed by atoms with Crippen LogP contribution in [0, 0.1) is 5.92 Å². The number of benzene rings is 1. The van der Waals surface area contributed by atoms with E-state index >= 15 is 0 Å². The molecule has 1 saturated carbocycles. The van der Waals surface area contributed by atoms with Gasteiger partial charge in [0.25, 0.3) is 0 Å². The number of methoxy groups -OCH3 is 1. The van der Waals surface area contributed by atoms with Crippen LogP contribution < -0.4 is 9.64 Å². The van der Waals surface area contributed by atoms with E-state index in [0.717, 1.165) is 43.7 Å².